The van der Waals surface area contributed by atoms with Crippen molar-refractivity contribution in [1.29, 1.82) is 0 Å². The molecule has 2 N–H and O–H groups in total. The van der Waals surface area contributed by atoms with Gasteiger partial charge in [0, 0.05) is 18.3 Å². The number of carbonyl (C=O) groups excluding carboxylic acids is 1. The van der Waals surface area contributed by atoms with Crippen LogP contribution in [-0.4, -0.2) is 28.2 Å². The zero-order valence-electron chi connectivity index (χ0n) is 11.8. The van der Waals surface area contributed by atoms with Crippen LogP contribution in [0.25, 0.3) is 0 Å². The minimum atomic E-state index is -0.614. The fourth-order valence-electron chi connectivity index (χ4n) is 2.66. The van der Waals surface area contributed by atoms with E-state index in [9.17, 15) is 15.0 Å². The Balaban J connectivity index is 2.52. The molecule has 108 valence electrons. The minimum Gasteiger partial charge on any atom is -0.392 e. The average Bonchev–Trinajstić information content (AvgIpc) is 2.63. The maximum atomic E-state index is 11.7. The molecule has 0 heterocycles. The van der Waals surface area contributed by atoms with Crippen LogP contribution in [0.3, 0.4) is 0 Å². The number of aliphatic hydroxyl groups is 2. The number of hydrogen-bond acceptors (Lipinski definition) is 3. The van der Waals surface area contributed by atoms with Gasteiger partial charge in [-0.2, -0.15) is 0 Å². The predicted molar refractivity (Wildman–Crippen MR) is 76.7 cm³/mol. The molecule has 0 aromatic carbocycles. The average molecular weight is 266 g/mol. The molecule has 3 nitrogen and oxygen atoms in total. The molecule has 0 amide bonds. The minimum absolute atomic E-state index is 0.0996. The Morgan fingerprint density at radius 1 is 1.47 bits per heavy atom. The predicted octanol–water partition coefficient (Wildman–Crippen LogP) is 2.63. The van der Waals surface area contributed by atoms with E-state index in [1.54, 1.807) is 12.2 Å². The van der Waals surface area contributed by atoms with E-state index in [0.29, 0.717) is 6.42 Å². The van der Waals surface area contributed by atoms with Crippen molar-refractivity contribution >= 4 is 5.78 Å². The molecule has 0 radical (unpaired) electrons. The molecule has 0 aliphatic heterocycles. The molecule has 4 atom stereocenters. The number of carbonyl (C=O) groups is 1. The highest BCUT2D eigenvalue weighted by Crippen LogP contribution is 2.33. The highest BCUT2D eigenvalue weighted by atomic mass is 16.3. The first kappa shape index (κ1) is 16.1. The second-order valence-electron chi connectivity index (χ2n) is 5.39. The second kappa shape index (κ2) is 8.28. The number of allylic oxidation sites excluding steroid dienone is 1. The van der Waals surface area contributed by atoms with E-state index < -0.39 is 12.2 Å². The van der Waals surface area contributed by atoms with E-state index >= 15 is 0 Å². The number of Topliss-reactive ketones (excluding diaryl/α,β-unsaturated/α-hetero) is 1. The Morgan fingerprint density at radius 3 is 2.84 bits per heavy atom. The summed E-state index contributed by atoms with van der Waals surface area (Å²) in [7, 11) is 0. The highest BCUT2D eigenvalue weighted by molar-refractivity contribution is 5.84. The Labute approximate surface area is 116 Å². The Kier molecular flexibility index (Phi) is 7.03. The maximum Gasteiger partial charge on any atom is 0.139 e. The van der Waals surface area contributed by atoms with Gasteiger partial charge in [0.2, 0.25) is 0 Å². The third-order valence-electron chi connectivity index (χ3n) is 3.81. The number of aliphatic hydroxyl groups excluding tert-OH is 2. The van der Waals surface area contributed by atoms with Gasteiger partial charge in [-0.25, -0.2) is 0 Å². The van der Waals surface area contributed by atoms with Crippen LogP contribution in [0, 0.1) is 11.8 Å². The Hall–Kier alpha value is -0.930. The molecule has 1 rings (SSSR count). The van der Waals surface area contributed by atoms with Crippen molar-refractivity contribution < 1.29 is 15.0 Å². The summed E-state index contributed by atoms with van der Waals surface area (Å²) >= 11 is 0. The van der Waals surface area contributed by atoms with Crippen LogP contribution < -0.4 is 0 Å². The van der Waals surface area contributed by atoms with E-state index in [2.05, 4.69) is 13.5 Å². The van der Waals surface area contributed by atoms with Crippen molar-refractivity contribution in [3.05, 3.63) is 24.8 Å². The zero-order chi connectivity index (χ0) is 14.3. The molecule has 0 spiro atoms. The normalized spacial score (nSPS) is 29.0. The molecule has 3 unspecified atom stereocenters. The fourth-order valence-corrected chi connectivity index (χ4v) is 2.66. The summed E-state index contributed by atoms with van der Waals surface area (Å²) < 4.78 is 0. The lowest BCUT2D eigenvalue weighted by Crippen LogP contribution is -2.18. The van der Waals surface area contributed by atoms with Gasteiger partial charge in [0.05, 0.1) is 12.2 Å². The molecule has 0 aromatic heterocycles. The van der Waals surface area contributed by atoms with E-state index in [-0.39, 0.29) is 24.0 Å². The van der Waals surface area contributed by atoms with Crippen LogP contribution in [-0.2, 0) is 4.79 Å². The molecule has 1 fully saturated rings. The molecule has 3 heteroatoms. The van der Waals surface area contributed by atoms with Gasteiger partial charge < -0.3 is 10.2 Å². The van der Waals surface area contributed by atoms with E-state index in [4.69, 9.17) is 0 Å². The van der Waals surface area contributed by atoms with Gasteiger partial charge in [0.1, 0.15) is 5.78 Å². The van der Waals surface area contributed by atoms with Gasteiger partial charge >= 0.3 is 0 Å². The Bertz CT molecular complexity index is 322. The first-order chi connectivity index (χ1) is 9.10. The van der Waals surface area contributed by atoms with E-state index in [1.807, 2.05) is 6.08 Å². The van der Waals surface area contributed by atoms with Crippen LogP contribution >= 0.6 is 0 Å². The number of rotatable bonds is 8. The number of ketones is 1. The summed E-state index contributed by atoms with van der Waals surface area (Å²) in [6.07, 6.45) is 9.00. The molecular weight excluding hydrogens is 240 g/mol. The van der Waals surface area contributed by atoms with Crippen molar-refractivity contribution in [2.24, 2.45) is 11.8 Å². The van der Waals surface area contributed by atoms with Gasteiger partial charge in [-0.05, 0) is 12.8 Å². The quantitative estimate of drug-likeness (QED) is 0.524. The van der Waals surface area contributed by atoms with Crippen LogP contribution in [0.2, 0.25) is 0 Å². The van der Waals surface area contributed by atoms with Crippen molar-refractivity contribution in [3.63, 3.8) is 0 Å². The summed E-state index contributed by atoms with van der Waals surface area (Å²) in [5.41, 5.74) is 0. The largest absolute Gasteiger partial charge is 0.392 e. The molecule has 1 saturated carbocycles. The standard InChI is InChI=1S/C16H26O3/c1-3-5-6-8-12(17)9-10-14-13(7-4-2)15(18)11-16(14)19/h4,9-10,12-14,16-17,19H,2-3,5-8,11H2,1H3/b10-9+/t12?,13?,14-,16?/m1/s1. The zero-order valence-corrected chi connectivity index (χ0v) is 11.8. The summed E-state index contributed by atoms with van der Waals surface area (Å²) in [4.78, 5) is 11.7. The molecule has 19 heavy (non-hydrogen) atoms. The second-order valence-corrected chi connectivity index (χ2v) is 5.39. The summed E-state index contributed by atoms with van der Waals surface area (Å²) in [5.74, 6) is -0.250. The van der Waals surface area contributed by atoms with Crippen LogP contribution in [0.1, 0.15) is 45.4 Å². The fraction of sp³-hybridized carbons (Fsp3) is 0.688. The SMILES string of the molecule is C=CCC1C(=O)CC(O)[C@@H]1/C=C/C(O)CCCCC. The molecule has 0 aromatic rings. The topological polar surface area (TPSA) is 57.5 Å². The van der Waals surface area contributed by atoms with Gasteiger partial charge in [-0.1, -0.05) is 44.4 Å². The van der Waals surface area contributed by atoms with E-state index in [1.165, 1.54) is 0 Å². The molecule has 0 bridgehead atoms. The van der Waals surface area contributed by atoms with E-state index in [0.717, 1.165) is 25.7 Å². The number of hydrogen-bond donors (Lipinski definition) is 2. The lowest BCUT2D eigenvalue weighted by molar-refractivity contribution is -0.121. The van der Waals surface area contributed by atoms with Crippen molar-refractivity contribution in [3.8, 4) is 0 Å². The highest BCUT2D eigenvalue weighted by Gasteiger charge is 2.38. The van der Waals surface area contributed by atoms with Gasteiger partial charge in [0.15, 0.2) is 0 Å². The first-order valence-electron chi connectivity index (χ1n) is 7.28. The van der Waals surface area contributed by atoms with Crippen LogP contribution in [0.15, 0.2) is 24.8 Å². The molecule has 1 aliphatic rings. The monoisotopic (exact) mass is 266 g/mol. The number of unbranched alkanes of at least 4 members (excludes halogenated alkanes) is 2. The van der Waals surface area contributed by atoms with Gasteiger partial charge in [0.25, 0.3) is 0 Å². The molecular formula is C16H26O3. The molecule has 1 aliphatic carbocycles. The maximum absolute atomic E-state index is 11.7. The molecule has 0 saturated heterocycles. The third kappa shape index (κ3) is 4.92. The van der Waals surface area contributed by atoms with Gasteiger partial charge in [-0.3, -0.25) is 4.79 Å². The smallest absolute Gasteiger partial charge is 0.139 e. The Morgan fingerprint density at radius 2 is 2.21 bits per heavy atom. The lowest BCUT2D eigenvalue weighted by Gasteiger charge is -2.16. The summed E-state index contributed by atoms with van der Waals surface area (Å²) in [6.45, 7) is 5.78. The van der Waals surface area contributed by atoms with Gasteiger partial charge in [-0.15, -0.1) is 6.58 Å². The van der Waals surface area contributed by atoms with Crippen molar-refractivity contribution in [1.82, 2.24) is 0 Å². The van der Waals surface area contributed by atoms with Crippen molar-refractivity contribution in [2.45, 2.75) is 57.7 Å². The van der Waals surface area contributed by atoms with Crippen LogP contribution in [0.5, 0.6) is 0 Å². The summed E-state index contributed by atoms with van der Waals surface area (Å²) in [5, 5.41) is 19.7. The third-order valence-corrected chi connectivity index (χ3v) is 3.81. The first-order valence-corrected chi connectivity index (χ1v) is 7.28. The van der Waals surface area contributed by atoms with Crippen LogP contribution in [0.4, 0.5) is 0 Å². The van der Waals surface area contributed by atoms with Crippen molar-refractivity contribution in [2.75, 3.05) is 0 Å². The summed E-state index contributed by atoms with van der Waals surface area (Å²) in [6, 6.07) is 0. The lowest BCUT2D eigenvalue weighted by atomic mass is 9.90.